The molecule has 0 atom stereocenters. The molecule has 72 valence electrons. The molecule has 2 N–H and O–H groups in total. The minimum Gasteiger partial charge on any atom is -0.480 e. The molecule has 1 rings (SSSR count). The summed E-state index contributed by atoms with van der Waals surface area (Å²) in [7, 11) is 0. The van der Waals surface area contributed by atoms with E-state index in [0.717, 1.165) is 22.3 Å². The van der Waals surface area contributed by atoms with Crippen molar-refractivity contribution < 1.29 is 9.90 Å². The lowest BCUT2D eigenvalue weighted by Gasteiger charge is -2.02. The summed E-state index contributed by atoms with van der Waals surface area (Å²) in [4.78, 5) is 11.1. The first-order valence-electron chi connectivity index (χ1n) is 3.84. The van der Waals surface area contributed by atoms with Gasteiger partial charge in [-0.3, -0.25) is 4.79 Å². The van der Waals surface area contributed by atoms with E-state index in [-0.39, 0.29) is 6.54 Å². The predicted molar refractivity (Wildman–Crippen MR) is 54.0 cm³/mol. The first-order chi connectivity index (χ1) is 6.72. The number of thioether (sulfide) groups is 1. The van der Waals surface area contributed by atoms with Crippen molar-refractivity contribution in [1.82, 2.24) is 0 Å². The molecule has 0 saturated heterocycles. The zero-order chi connectivity index (χ0) is 10.4. The Morgan fingerprint density at radius 3 is 2.64 bits per heavy atom. The molecule has 0 aliphatic heterocycles. The molecule has 4 nitrogen and oxygen atoms in total. The number of nitrogens with one attached hydrogen (secondary N) is 1. The number of carbonyl (C=O) groups is 1. The average molecular weight is 208 g/mol. The van der Waals surface area contributed by atoms with Crippen LogP contribution in [-0.4, -0.2) is 17.6 Å². The van der Waals surface area contributed by atoms with Gasteiger partial charge in [0.05, 0.1) is 0 Å². The lowest BCUT2D eigenvalue weighted by molar-refractivity contribution is -0.134. The first kappa shape index (κ1) is 10.4. The third-order valence-corrected chi connectivity index (χ3v) is 2.06. The highest BCUT2D eigenvalue weighted by atomic mass is 32.2. The Morgan fingerprint density at radius 2 is 2.14 bits per heavy atom. The number of nitriles is 1. The van der Waals surface area contributed by atoms with E-state index in [1.807, 2.05) is 5.40 Å². The summed E-state index contributed by atoms with van der Waals surface area (Å²) >= 11 is 1.07. The van der Waals surface area contributed by atoms with Gasteiger partial charge < -0.3 is 10.4 Å². The van der Waals surface area contributed by atoms with Crippen molar-refractivity contribution in [3.63, 3.8) is 0 Å². The Bertz CT molecular complexity index is 356. The number of carboxylic acids is 1. The third-order valence-electron chi connectivity index (χ3n) is 1.46. The second kappa shape index (κ2) is 5.14. The fraction of sp³-hybridized carbons (Fsp3) is 0.111. The third kappa shape index (κ3) is 3.37. The smallest absolute Gasteiger partial charge is 0.322 e. The van der Waals surface area contributed by atoms with Gasteiger partial charge in [0.1, 0.15) is 11.9 Å². The van der Waals surface area contributed by atoms with Gasteiger partial charge in [0.15, 0.2) is 0 Å². The molecule has 14 heavy (non-hydrogen) atoms. The van der Waals surface area contributed by atoms with Crippen molar-refractivity contribution in [2.24, 2.45) is 0 Å². The van der Waals surface area contributed by atoms with Crippen molar-refractivity contribution in [3.8, 4) is 5.40 Å². The highest BCUT2D eigenvalue weighted by Gasteiger charge is 1.97. The second-order valence-electron chi connectivity index (χ2n) is 2.47. The van der Waals surface area contributed by atoms with E-state index in [2.05, 4.69) is 5.32 Å². The van der Waals surface area contributed by atoms with Gasteiger partial charge in [0.25, 0.3) is 0 Å². The summed E-state index contributed by atoms with van der Waals surface area (Å²) in [6.45, 7) is -0.106. The quantitative estimate of drug-likeness (QED) is 0.582. The minimum absolute atomic E-state index is 0.106. The maximum atomic E-state index is 10.2. The highest BCUT2D eigenvalue weighted by Crippen LogP contribution is 2.18. The Kier molecular flexibility index (Phi) is 3.83. The number of nitrogens with zero attached hydrogens (tertiary/aromatic N) is 1. The molecule has 0 unspecified atom stereocenters. The fourth-order valence-corrected chi connectivity index (χ4v) is 1.25. The SMILES string of the molecule is N#CSc1ccc(NCC(=O)O)cc1. The van der Waals surface area contributed by atoms with Crippen LogP contribution in [0.2, 0.25) is 0 Å². The molecule has 0 aliphatic carbocycles. The van der Waals surface area contributed by atoms with E-state index in [9.17, 15) is 4.79 Å². The van der Waals surface area contributed by atoms with Gasteiger partial charge in [-0.2, -0.15) is 5.26 Å². The zero-order valence-electron chi connectivity index (χ0n) is 7.23. The molecule has 1 aromatic rings. The molecule has 0 saturated carbocycles. The van der Waals surface area contributed by atoms with Crippen LogP contribution in [0.1, 0.15) is 0 Å². The van der Waals surface area contributed by atoms with Crippen LogP contribution in [0, 0.1) is 10.7 Å². The maximum Gasteiger partial charge on any atom is 0.322 e. The molecule has 0 fully saturated rings. The number of aliphatic carboxylic acids is 1. The summed E-state index contributed by atoms with van der Waals surface area (Å²) in [5, 5.41) is 21.5. The van der Waals surface area contributed by atoms with Gasteiger partial charge in [-0.1, -0.05) is 0 Å². The number of carboxylic acid groups (broad SMARTS) is 1. The average Bonchev–Trinajstić information content (AvgIpc) is 2.17. The number of benzene rings is 1. The van der Waals surface area contributed by atoms with Gasteiger partial charge >= 0.3 is 5.97 Å². The highest BCUT2D eigenvalue weighted by molar-refractivity contribution is 8.03. The Hall–Kier alpha value is -1.67. The van der Waals surface area contributed by atoms with Crippen LogP contribution in [0.5, 0.6) is 0 Å². The van der Waals surface area contributed by atoms with Crippen molar-refractivity contribution in [2.75, 3.05) is 11.9 Å². The van der Waals surface area contributed by atoms with Crippen LogP contribution in [-0.2, 0) is 4.79 Å². The van der Waals surface area contributed by atoms with Gasteiger partial charge in [0.2, 0.25) is 0 Å². The summed E-state index contributed by atoms with van der Waals surface area (Å²) < 4.78 is 0. The first-order valence-corrected chi connectivity index (χ1v) is 4.65. The number of thiocyanates is 1. The summed E-state index contributed by atoms with van der Waals surface area (Å²) in [5.41, 5.74) is 0.731. The number of anilines is 1. The summed E-state index contributed by atoms with van der Waals surface area (Å²) in [6.07, 6.45) is 0. The molecule has 0 bridgehead atoms. The van der Waals surface area contributed by atoms with Crippen LogP contribution in [0.4, 0.5) is 5.69 Å². The molecule has 0 aromatic heterocycles. The lowest BCUT2D eigenvalue weighted by Crippen LogP contribution is -2.11. The largest absolute Gasteiger partial charge is 0.480 e. The number of hydrogen-bond acceptors (Lipinski definition) is 4. The van der Waals surface area contributed by atoms with E-state index in [4.69, 9.17) is 10.4 Å². The number of rotatable bonds is 4. The molecule has 5 heteroatoms. The molecule has 0 aliphatic rings. The Labute approximate surface area is 85.5 Å². The second-order valence-corrected chi connectivity index (χ2v) is 3.32. The Morgan fingerprint density at radius 1 is 1.50 bits per heavy atom. The molecule has 0 spiro atoms. The molecule has 1 aromatic carbocycles. The van der Waals surface area contributed by atoms with E-state index in [1.54, 1.807) is 24.3 Å². The van der Waals surface area contributed by atoms with Crippen molar-refractivity contribution in [3.05, 3.63) is 24.3 Å². The predicted octanol–water partition coefficient (Wildman–Crippen LogP) is 1.76. The molecule has 0 heterocycles. The van der Waals surface area contributed by atoms with Gasteiger partial charge in [-0.05, 0) is 36.0 Å². The van der Waals surface area contributed by atoms with E-state index < -0.39 is 5.97 Å². The van der Waals surface area contributed by atoms with Crippen LogP contribution >= 0.6 is 11.8 Å². The zero-order valence-corrected chi connectivity index (χ0v) is 8.04. The van der Waals surface area contributed by atoms with E-state index in [0.29, 0.717) is 0 Å². The topological polar surface area (TPSA) is 73.1 Å². The molecule has 0 radical (unpaired) electrons. The molecular formula is C9H8N2O2S. The maximum absolute atomic E-state index is 10.2. The summed E-state index contributed by atoms with van der Waals surface area (Å²) in [6, 6.07) is 7.00. The van der Waals surface area contributed by atoms with Crippen LogP contribution < -0.4 is 5.32 Å². The fourth-order valence-electron chi connectivity index (χ4n) is 0.871. The van der Waals surface area contributed by atoms with Crippen LogP contribution in [0.25, 0.3) is 0 Å². The van der Waals surface area contributed by atoms with Crippen molar-refractivity contribution in [2.45, 2.75) is 4.90 Å². The minimum atomic E-state index is -0.902. The van der Waals surface area contributed by atoms with E-state index >= 15 is 0 Å². The standard InChI is InChI=1S/C9H8N2O2S/c10-6-14-8-3-1-7(2-4-8)11-5-9(12)13/h1-4,11H,5H2,(H,12,13). The Balaban J connectivity index is 2.56. The lowest BCUT2D eigenvalue weighted by atomic mass is 10.3. The van der Waals surface area contributed by atoms with Gasteiger partial charge in [0, 0.05) is 10.6 Å². The monoisotopic (exact) mass is 208 g/mol. The molecular weight excluding hydrogens is 200 g/mol. The normalized spacial score (nSPS) is 9.07. The van der Waals surface area contributed by atoms with Crippen LogP contribution in [0.3, 0.4) is 0 Å². The van der Waals surface area contributed by atoms with Crippen molar-refractivity contribution >= 4 is 23.4 Å². The van der Waals surface area contributed by atoms with Crippen LogP contribution in [0.15, 0.2) is 29.2 Å². The number of hydrogen-bond donors (Lipinski definition) is 2. The summed E-state index contributed by atoms with van der Waals surface area (Å²) in [5.74, 6) is -0.902. The van der Waals surface area contributed by atoms with E-state index in [1.165, 1.54) is 0 Å². The van der Waals surface area contributed by atoms with Crippen molar-refractivity contribution in [1.29, 1.82) is 5.26 Å². The van der Waals surface area contributed by atoms with Gasteiger partial charge in [-0.15, -0.1) is 0 Å². The molecule has 0 amide bonds. The van der Waals surface area contributed by atoms with Gasteiger partial charge in [-0.25, -0.2) is 0 Å².